The van der Waals surface area contributed by atoms with Crippen molar-refractivity contribution in [3.63, 3.8) is 0 Å². The fourth-order valence-corrected chi connectivity index (χ4v) is 1.03. The molecular formula is C12H20FNO. The topological polar surface area (TPSA) is 32.3 Å². The summed E-state index contributed by atoms with van der Waals surface area (Å²) in [5, 5.41) is 11.9. The molecule has 0 amide bonds. The number of nitrogens with one attached hydrogen (secondary N) is 1. The third-order valence-electron chi connectivity index (χ3n) is 1.73. The van der Waals surface area contributed by atoms with Gasteiger partial charge in [-0.3, -0.25) is 0 Å². The molecule has 0 saturated carbocycles. The Labute approximate surface area is 91.1 Å². The van der Waals surface area contributed by atoms with Gasteiger partial charge in [-0.15, -0.1) is 0 Å². The number of rotatable bonds is 5. The van der Waals surface area contributed by atoms with Crippen molar-refractivity contribution in [3.8, 4) is 0 Å². The number of halogens is 1. The predicted octanol–water partition coefficient (Wildman–Crippen LogP) is 2.13. The van der Waals surface area contributed by atoms with Crippen LogP contribution in [-0.4, -0.2) is 24.4 Å². The lowest BCUT2D eigenvalue weighted by atomic mass is 10.2. The molecule has 1 aromatic carbocycles. The number of hydrogen-bond acceptors (Lipinski definition) is 2. The molecule has 1 atom stereocenters. The van der Waals surface area contributed by atoms with Crippen LogP contribution in [-0.2, 0) is 6.54 Å². The standard InChI is InChI=1S/C10H14FNO.C2H6/c11-6-10(13)8-12-7-9-4-2-1-3-5-9;1-2/h1-5,10,12-13H,6-8H2;1-2H3. The summed E-state index contributed by atoms with van der Waals surface area (Å²) < 4.78 is 11.8. The van der Waals surface area contributed by atoms with Crippen molar-refractivity contribution in [1.82, 2.24) is 5.32 Å². The lowest BCUT2D eigenvalue weighted by Crippen LogP contribution is -2.27. The van der Waals surface area contributed by atoms with Gasteiger partial charge in [-0.2, -0.15) is 0 Å². The van der Waals surface area contributed by atoms with Crippen LogP contribution in [0.2, 0.25) is 0 Å². The summed E-state index contributed by atoms with van der Waals surface area (Å²) in [6.07, 6.45) is -0.885. The molecule has 1 rings (SSSR count). The molecule has 0 heterocycles. The number of alkyl halides is 1. The van der Waals surface area contributed by atoms with E-state index in [2.05, 4.69) is 5.32 Å². The molecule has 0 aliphatic heterocycles. The van der Waals surface area contributed by atoms with Crippen LogP contribution in [0, 0.1) is 0 Å². The highest BCUT2D eigenvalue weighted by molar-refractivity contribution is 5.14. The summed E-state index contributed by atoms with van der Waals surface area (Å²) in [5.41, 5.74) is 1.13. The van der Waals surface area contributed by atoms with E-state index < -0.39 is 12.8 Å². The molecule has 86 valence electrons. The van der Waals surface area contributed by atoms with Crippen LogP contribution in [0.15, 0.2) is 30.3 Å². The van der Waals surface area contributed by atoms with Gasteiger partial charge in [-0.1, -0.05) is 44.2 Å². The second-order valence-corrected chi connectivity index (χ2v) is 2.92. The number of hydrogen-bond donors (Lipinski definition) is 2. The van der Waals surface area contributed by atoms with E-state index in [0.717, 1.165) is 5.56 Å². The first-order chi connectivity index (χ1) is 7.33. The minimum atomic E-state index is -0.885. The van der Waals surface area contributed by atoms with Gasteiger partial charge in [0.15, 0.2) is 0 Å². The zero-order valence-electron chi connectivity index (χ0n) is 9.41. The largest absolute Gasteiger partial charge is 0.389 e. The Morgan fingerprint density at radius 2 is 1.87 bits per heavy atom. The average Bonchev–Trinajstić information content (AvgIpc) is 2.33. The van der Waals surface area contributed by atoms with Crippen molar-refractivity contribution in [1.29, 1.82) is 0 Å². The fraction of sp³-hybridized carbons (Fsp3) is 0.500. The van der Waals surface area contributed by atoms with Crippen LogP contribution in [0.1, 0.15) is 19.4 Å². The predicted molar refractivity (Wildman–Crippen MR) is 61.5 cm³/mol. The van der Waals surface area contributed by atoms with Crippen LogP contribution in [0.5, 0.6) is 0 Å². The van der Waals surface area contributed by atoms with Gasteiger partial charge in [0.25, 0.3) is 0 Å². The third-order valence-corrected chi connectivity index (χ3v) is 1.73. The summed E-state index contributed by atoms with van der Waals surface area (Å²) in [5.74, 6) is 0. The Bertz CT molecular complexity index is 228. The minimum Gasteiger partial charge on any atom is -0.389 e. The van der Waals surface area contributed by atoms with Crippen LogP contribution in [0.4, 0.5) is 4.39 Å². The maximum absolute atomic E-state index is 11.8. The van der Waals surface area contributed by atoms with Crippen LogP contribution in [0.3, 0.4) is 0 Å². The molecule has 0 aromatic heterocycles. The van der Waals surface area contributed by atoms with Gasteiger partial charge in [0.1, 0.15) is 6.67 Å². The number of aliphatic hydroxyl groups is 1. The van der Waals surface area contributed by atoms with Gasteiger partial charge in [0, 0.05) is 13.1 Å². The molecule has 0 bridgehead atoms. The van der Waals surface area contributed by atoms with E-state index in [0.29, 0.717) is 13.1 Å². The molecule has 0 saturated heterocycles. The molecule has 2 N–H and O–H groups in total. The number of benzene rings is 1. The summed E-state index contributed by atoms with van der Waals surface area (Å²) in [7, 11) is 0. The summed E-state index contributed by atoms with van der Waals surface area (Å²) in [6.45, 7) is 4.27. The zero-order valence-corrected chi connectivity index (χ0v) is 9.41. The summed E-state index contributed by atoms with van der Waals surface area (Å²) in [6, 6.07) is 9.80. The Kier molecular flexibility index (Phi) is 9.02. The number of aliphatic hydroxyl groups excluding tert-OH is 1. The third kappa shape index (κ3) is 7.05. The summed E-state index contributed by atoms with van der Waals surface area (Å²) >= 11 is 0. The van der Waals surface area contributed by atoms with Gasteiger partial charge in [-0.05, 0) is 5.56 Å². The fourth-order valence-electron chi connectivity index (χ4n) is 1.03. The first kappa shape index (κ1) is 14.1. The molecule has 0 spiro atoms. The van der Waals surface area contributed by atoms with Crippen LogP contribution < -0.4 is 5.32 Å². The Morgan fingerprint density at radius 3 is 2.40 bits per heavy atom. The highest BCUT2D eigenvalue weighted by atomic mass is 19.1. The van der Waals surface area contributed by atoms with E-state index in [1.165, 1.54) is 0 Å². The van der Waals surface area contributed by atoms with Gasteiger partial charge < -0.3 is 10.4 Å². The van der Waals surface area contributed by atoms with E-state index in [9.17, 15) is 4.39 Å². The molecular weight excluding hydrogens is 193 g/mol. The van der Waals surface area contributed by atoms with E-state index in [-0.39, 0.29) is 0 Å². The average molecular weight is 213 g/mol. The molecule has 0 aliphatic rings. The van der Waals surface area contributed by atoms with Gasteiger partial charge in [-0.25, -0.2) is 4.39 Å². The quantitative estimate of drug-likeness (QED) is 0.785. The first-order valence-electron chi connectivity index (χ1n) is 5.31. The maximum Gasteiger partial charge on any atom is 0.117 e. The van der Waals surface area contributed by atoms with Gasteiger partial charge in [0.05, 0.1) is 6.10 Å². The second-order valence-electron chi connectivity index (χ2n) is 2.92. The Balaban J connectivity index is 0.000000921. The summed E-state index contributed by atoms with van der Waals surface area (Å²) in [4.78, 5) is 0. The van der Waals surface area contributed by atoms with E-state index >= 15 is 0 Å². The molecule has 0 radical (unpaired) electrons. The van der Waals surface area contributed by atoms with E-state index in [4.69, 9.17) is 5.11 Å². The normalized spacial score (nSPS) is 11.5. The lowest BCUT2D eigenvalue weighted by molar-refractivity contribution is 0.137. The zero-order chi connectivity index (χ0) is 11.5. The van der Waals surface area contributed by atoms with E-state index in [1.54, 1.807) is 0 Å². The molecule has 1 unspecified atom stereocenters. The Morgan fingerprint density at radius 1 is 1.27 bits per heavy atom. The lowest BCUT2D eigenvalue weighted by Gasteiger charge is -2.07. The molecule has 3 heteroatoms. The van der Waals surface area contributed by atoms with Crippen molar-refractivity contribution < 1.29 is 9.50 Å². The highest BCUT2D eigenvalue weighted by Crippen LogP contribution is 1.96. The molecule has 0 fully saturated rings. The van der Waals surface area contributed by atoms with E-state index in [1.807, 2.05) is 44.2 Å². The van der Waals surface area contributed by atoms with Gasteiger partial charge in [0.2, 0.25) is 0 Å². The molecule has 15 heavy (non-hydrogen) atoms. The van der Waals surface area contributed by atoms with Crippen LogP contribution in [0.25, 0.3) is 0 Å². The van der Waals surface area contributed by atoms with Crippen molar-refractivity contribution in [2.75, 3.05) is 13.2 Å². The molecule has 1 aromatic rings. The van der Waals surface area contributed by atoms with Crippen molar-refractivity contribution in [2.45, 2.75) is 26.5 Å². The minimum absolute atomic E-state index is 0.297. The first-order valence-corrected chi connectivity index (χ1v) is 5.31. The molecule has 0 aliphatic carbocycles. The second kappa shape index (κ2) is 9.62. The highest BCUT2D eigenvalue weighted by Gasteiger charge is 2.00. The van der Waals surface area contributed by atoms with Crippen molar-refractivity contribution in [2.24, 2.45) is 0 Å². The van der Waals surface area contributed by atoms with Crippen LogP contribution >= 0.6 is 0 Å². The monoisotopic (exact) mass is 213 g/mol. The maximum atomic E-state index is 11.8. The van der Waals surface area contributed by atoms with Gasteiger partial charge >= 0.3 is 0 Å². The van der Waals surface area contributed by atoms with Crippen molar-refractivity contribution >= 4 is 0 Å². The molecule has 2 nitrogen and oxygen atoms in total. The smallest absolute Gasteiger partial charge is 0.117 e. The Hall–Kier alpha value is -0.930. The SMILES string of the molecule is CC.OC(CF)CNCc1ccccc1. The van der Waals surface area contributed by atoms with Crippen molar-refractivity contribution in [3.05, 3.63) is 35.9 Å².